The van der Waals surface area contributed by atoms with Gasteiger partial charge in [-0.3, -0.25) is 0 Å². The van der Waals surface area contributed by atoms with Crippen LogP contribution in [0.5, 0.6) is 0 Å². The molecule has 0 amide bonds. The molecule has 0 aromatic rings. The van der Waals surface area contributed by atoms with Gasteiger partial charge in [0.25, 0.3) is 0 Å². The highest BCUT2D eigenvalue weighted by molar-refractivity contribution is 9.11. The molecule has 0 radical (unpaired) electrons. The molecule has 0 fully saturated rings. The normalized spacial score (nSPS) is 14.1. The number of allylic oxidation sites excluding steroid dienone is 2. The van der Waals surface area contributed by atoms with Gasteiger partial charge in [-0.2, -0.15) is 4.99 Å². The topological polar surface area (TPSA) is 15.6 Å². The quantitative estimate of drug-likeness (QED) is 0.602. The molecule has 0 saturated heterocycles. The van der Waals surface area contributed by atoms with Crippen molar-refractivity contribution in [1.29, 1.82) is 0 Å². The van der Waals surface area contributed by atoms with Gasteiger partial charge in [0.1, 0.15) is 0 Å². The van der Waals surface area contributed by atoms with Crippen LogP contribution in [-0.4, -0.2) is 24.9 Å². The molecule has 0 bridgehead atoms. The van der Waals surface area contributed by atoms with Crippen LogP contribution in [0.4, 0.5) is 0 Å². The molecule has 1 heterocycles. The fraction of sp³-hybridized carbons (Fsp3) is 0.250. The molecular formula is C8H7BrN2. The van der Waals surface area contributed by atoms with Gasteiger partial charge in [0, 0.05) is 26.0 Å². The lowest BCUT2D eigenvalue weighted by Crippen LogP contribution is -2.07. The highest BCUT2D eigenvalue weighted by atomic mass is 79.9. The van der Waals surface area contributed by atoms with E-state index in [1.54, 1.807) is 6.08 Å². The van der Waals surface area contributed by atoms with Crippen LogP contribution >= 0.6 is 15.9 Å². The monoisotopic (exact) mass is 210 g/mol. The molecule has 1 rings (SSSR count). The Morgan fingerprint density at radius 3 is 2.91 bits per heavy atom. The number of rotatable bonds is 1. The summed E-state index contributed by atoms with van der Waals surface area (Å²) in [5.74, 6) is 3.39. The standard InChI is InChI=1S/C8H7BrN2/c1-11(2)8-4-3-7(9)5-6-10-8/h3H,1-2H3. The van der Waals surface area contributed by atoms with Crippen LogP contribution in [0.3, 0.4) is 0 Å². The average molecular weight is 211 g/mol. The molecule has 0 spiro atoms. The lowest BCUT2D eigenvalue weighted by Gasteiger charge is -2.06. The summed E-state index contributed by atoms with van der Waals surface area (Å²) >= 11 is 3.25. The summed E-state index contributed by atoms with van der Waals surface area (Å²) in [7, 11) is 3.81. The lowest BCUT2D eigenvalue weighted by molar-refractivity contribution is 0.509. The number of halogens is 1. The Bertz CT molecular complexity index is 320. The van der Waals surface area contributed by atoms with Crippen LogP contribution in [0.25, 0.3) is 0 Å². The van der Waals surface area contributed by atoms with E-state index in [1.807, 2.05) is 19.0 Å². The van der Waals surface area contributed by atoms with Crippen LogP contribution in [0, 0.1) is 0 Å². The third-order valence-electron chi connectivity index (χ3n) is 1.09. The minimum atomic E-state index is 0.743. The molecule has 0 aromatic carbocycles. The van der Waals surface area contributed by atoms with E-state index in [0.717, 1.165) is 10.3 Å². The Balaban J connectivity index is 3.10. The highest BCUT2D eigenvalue weighted by Gasteiger charge is 1.94. The number of hydrogen-bond donors (Lipinski definition) is 0. The first-order chi connectivity index (χ1) is 5.20. The van der Waals surface area contributed by atoms with Gasteiger partial charge in [-0.1, -0.05) is 5.73 Å². The first-order valence-electron chi connectivity index (χ1n) is 3.08. The molecule has 1 aliphatic heterocycles. The third kappa shape index (κ3) is 2.27. The van der Waals surface area contributed by atoms with E-state index < -0.39 is 0 Å². The van der Waals surface area contributed by atoms with Crippen LogP contribution in [0.15, 0.2) is 32.8 Å². The van der Waals surface area contributed by atoms with Gasteiger partial charge in [0.05, 0.1) is 4.48 Å². The van der Waals surface area contributed by atoms with Gasteiger partial charge in [-0.15, -0.1) is 0 Å². The van der Waals surface area contributed by atoms with Crippen molar-refractivity contribution in [2.24, 2.45) is 4.99 Å². The number of hydrogen-bond acceptors (Lipinski definition) is 2. The number of aliphatic imine (C=N–C) groups is 1. The van der Waals surface area contributed by atoms with E-state index >= 15 is 0 Å². The summed E-state index contributed by atoms with van der Waals surface area (Å²) < 4.78 is 0.804. The van der Waals surface area contributed by atoms with Crippen molar-refractivity contribution in [3.8, 4) is 0 Å². The van der Waals surface area contributed by atoms with Gasteiger partial charge in [-0.05, 0) is 21.7 Å². The van der Waals surface area contributed by atoms with Crippen molar-refractivity contribution in [3.05, 3.63) is 27.8 Å². The van der Waals surface area contributed by atoms with Gasteiger partial charge >= 0.3 is 0 Å². The van der Waals surface area contributed by atoms with E-state index in [0.29, 0.717) is 0 Å². The highest BCUT2D eigenvalue weighted by Crippen LogP contribution is 2.06. The maximum Gasteiger partial charge on any atom is 0.182 e. The molecule has 11 heavy (non-hydrogen) atoms. The average Bonchev–Trinajstić information content (AvgIpc) is 2.13. The van der Waals surface area contributed by atoms with E-state index in [9.17, 15) is 0 Å². The zero-order valence-corrected chi connectivity index (χ0v) is 7.94. The van der Waals surface area contributed by atoms with Crippen molar-refractivity contribution in [2.45, 2.75) is 0 Å². The zero-order chi connectivity index (χ0) is 8.27. The largest absolute Gasteiger partial charge is 0.356 e. The fourth-order valence-corrected chi connectivity index (χ4v) is 0.763. The van der Waals surface area contributed by atoms with Crippen LogP contribution in [0.2, 0.25) is 0 Å². The maximum absolute atomic E-state index is 3.96. The molecule has 0 atom stereocenters. The van der Waals surface area contributed by atoms with Gasteiger partial charge in [-0.25, -0.2) is 0 Å². The van der Waals surface area contributed by atoms with E-state index in [1.165, 1.54) is 0 Å². The molecule has 3 heteroatoms. The van der Waals surface area contributed by atoms with E-state index in [4.69, 9.17) is 0 Å². The Morgan fingerprint density at radius 2 is 2.27 bits per heavy atom. The summed E-state index contributed by atoms with van der Waals surface area (Å²) in [6, 6.07) is 0. The van der Waals surface area contributed by atoms with Crippen molar-refractivity contribution in [3.63, 3.8) is 0 Å². The molecule has 0 aromatic heterocycles. The summed E-state index contributed by atoms with van der Waals surface area (Å²) in [5, 5.41) is 0. The first-order valence-corrected chi connectivity index (χ1v) is 3.87. The molecular weight excluding hydrogens is 204 g/mol. The van der Waals surface area contributed by atoms with Crippen LogP contribution in [-0.2, 0) is 0 Å². The molecule has 56 valence electrons. The van der Waals surface area contributed by atoms with E-state index in [-0.39, 0.29) is 0 Å². The fourth-order valence-electron chi connectivity index (χ4n) is 0.560. The van der Waals surface area contributed by atoms with Gasteiger partial charge in [0.2, 0.25) is 0 Å². The smallest absolute Gasteiger partial charge is 0.182 e. The molecule has 0 unspecified atom stereocenters. The Hall–Kier alpha value is -0.970. The Labute approximate surface area is 74.1 Å². The molecule has 0 N–H and O–H groups in total. The Morgan fingerprint density at radius 1 is 1.55 bits per heavy atom. The van der Waals surface area contributed by atoms with Gasteiger partial charge in [0.15, 0.2) is 5.82 Å². The third-order valence-corrected chi connectivity index (χ3v) is 1.52. The first kappa shape index (κ1) is 8.13. The summed E-state index contributed by atoms with van der Waals surface area (Å²) in [6.07, 6.45) is 1.76. The van der Waals surface area contributed by atoms with Crippen molar-refractivity contribution in [1.82, 2.24) is 4.90 Å². The van der Waals surface area contributed by atoms with Crippen molar-refractivity contribution >= 4 is 21.8 Å². The zero-order valence-electron chi connectivity index (χ0n) is 6.35. The lowest BCUT2D eigenvalue weighted by atomic mass is 10.5. The van der Waals surface area contributed by atoms with Crippen molar-refractivity contribution in [2.75, 3.05) is 14.1 Å². The Kier molecular flexibility index (Phi) is 2.53. The summed E-state index contributed by atoms with van der Waals surface area (Å²) in [6.45, 7) is 0. The molecule has 0 aliphatic carbocycles. The molecule has 0 saturated carbocycles. The van der Waals surface area contributed by atoms with Crippen LogP contribution < -0.4 is 0 Å². The maximum atomic E-state index is 3.96. The second kappa shape index (κ2) is 3.43. The second-order valence-electron chi connectivity index (χ2n) is 2.20. The SMILES string of the molecule is CN(C)C1=C=CC(Br)=C=C=N1. The predicted molar refractivity (Wildman–Crippen MR) is 48.7 cm³/mol. The van der Waals surface area contributed by atoms with Crippen LogP contribution in [0.1, 0.15) is 0 Å². The summed E-state index contributed by atoms with van der Waals surface area (Å²) in [4.78, 5) is 5.82. The predicted octanol–water partition coefficient (Wildman–Crippen LogP) is 1.66. The molecule has 2 nitrogen and oxygen atoms in total. The second-order valence-corrected chi connectivity index (χ2v) is 3.06. The minimum absolute atomic E-state index is 0.743. The van der Waals surface area contributed by atoms with Crippen molar-refractivity contribution < 1.29 is 0 Å². The number of nitrogens with zero attached hydrogens (tertiary/aromatic N) is 2. The van der Waals surface area contributed by atoms with E-state index in [2.05, 4.69) is 38.3 Å². The molecule has 1 aliphatic rings. The minimum Gasteiger partial charge on any atom is -0.356 e. The summed E-state index contributed by atoms with van der Waals surface area (Å²) in [5.41, 5.74) is 5.75. The van der Waals surface area contributed by atoms with Gasteiger partial charge < -0.3 is 4.90 Å².